The Hall–Kier alpha value is -1.42. The van der Waals surface area contributed by atoms with Crippen LogP contribution in [0.2, 0.25) is 0 Å². The van der Waals surface area contributed by atoms with Gasteiger partial charge in [-0.05, 0) is 64.6 Å². The quantitative estimate of drug-likeness (QED) is 0.459. The monoisotopic (exact) mass is 508 g/mol. The van der Waals surface area contributed by atoms with Crippen LogP contribution in [0.1, 0.15) is 71.0 Å². The summed E-state index contributed by atoms with van der Waals surface area (Å²) in [4.78, 5) is 17.5. The Morgan fingerprint density at radius 1 is 1.20 bits per heavy atom. The lowest BCUT2D eigenvalue weighted by Gasteiger charge is -2.31. The van der Waals surface area contributed by atoms with Crippen LogP contribution in [0.5, 0.6) is 0 Å². The molecule has 198 valence electrons. The highest BCUT2D eigenvalue weighted by molar-refractivity contribution is 7.09. The van der Waals surface area contributed by atoms with Crippen molar-refractivity contribution in [2.45, 2.75) is 97.9 Å². The maximum atomic E-state index is 13.0. The molecule has 35 heavy (non-hydrogen) atoms. The minimum atomic E-state index is -1.28. The smallest absolute Gasteiger partial charge is 0.157 e. The van der Waals surface area contributed by atoms with Gasteiger partial charge in [-0.1, -0.05) is 32.4 Å². The summed E-state index contributed by atoms with van der Waals surface area (Å²) in [6.45, 7) is 11.3. The molecule has 3 unspecified atom stereocenters. The molecule has 0 aliphatic carbocycles. The lowest BCUT2D eigenvalue weighted by atomic mass is 9.81. The fourth-order valence-electron chi connectivity index (χ4n) is 4.72. The molecule has 0 saturated carbocycles. The van der Waals surface area contributed by atoms with Crippen molar-refractivity contribution in [2.24, 2.45) is 17.8 Å². The van der Waals surface area contributed by atoms with E-state index in [-0.39, 0.29) is 24.2 Å². The molecule has 1 aliphatic rings. The van der Waals surface area contributed by atoms with Crippen LogP contribution in [0.25, 0.3) is 6.08 Å². The fraction of sp³-hybridized carbons (Fsp3) is 0.704. The van der Waals surface area contributed by atoms with Crippen molar-refractivity contribution in [3.8, 4) is 0 Å². The first-order valence-corrected chi connectivity index (χ1v) is 13.5. The summed E-state index contributed by atoms with van der Waals surface area (Å²) in [6.07, 6.45) is 2.88. The van der Waals surface area contributed by atoms with Gasteiger partial charge in [0.25, 0.3) is 0 Å². The van der Waals surface area contributed by atoms with Crippen molar-refractivity contribution in [1.29, 1.82) is 0 Å². The van der Waals surface area contributed by atoms with Gasteiger partial charge < -0.3 is 25.4 Å². The van der Waals surface area contributed by atoms with E-state index in [4.69, 9.17) is 4.74 Å². The zero-order chi connectivity index (χ0) is 26.3. The number of nitrogens with one attached hydrogen (secondary N) is 1. The topological polar surface area (TPSA) is 112 Å². The molecular weight excluding hydrogens is 464 g/mol. The normalized spacial score (nSPS) is 36.6. The molecule has 0 spiro atoms. The molecule has 7 nitrogen and oxygen atoms in total. The van der Waals surface area contributed by atoms with Crippen molar-refractivity contribution in [3.63, 3.8) is 0 Å². The molecule has 2 heterocycles. The number of aliphatic hydroxyl groups excluding tert-OH is 3. The number of allylic oxidation sites excluding steroid dienone is 1. The molecule has 0 amide bonds. The summed E-state index contributed by atoms with van der Waals surface area (Å²) >= 11 is 1.57. The number of aryl methyl sites for hydroxylation is 1. The van der Waals surface area contributed by atoms with Gasteiger partial charge in [0.2, 0.25) is 0 Å². The first-order valence-electron chi connectivity index (χ1n) is 12.6. The Balaban J connectivity index is 2.39. The van der Waals surface area contributed by atoms with E-state index in [1.165, 1.54) is 5.57 Å². The highest BCUT2D eigenvalue weighted by Gasteiger charge is 2.34. The molecule has 8 atom stereocenters. The standard InChI is InChI=1S/C27H44N2O5S/c1-15-9-8-10-16(2)25(32)19(5)26(33)18(4)23(30)13-24(31)34-27(22(11-15)28-7)17(3)12-21-14-35-20(6)29-21/h11-12,14,16,18-19,22-25,27-28,30-32H,8-10,13H2,1-7H3/b15-11-,17-12+/t16-,18?,19+,22?,23-,24?,25-,27+/m0/s1. The van der Waals surface area contributed by atoms with E-state index in [9.17, 15) is 20.1 Å². The van der Waals surface area contributed by atoms with Gasteiger partial charge in [-0.25, -0.2) is 4.98 Å². The largest absolute Gasteiger partial charge is 0.392 e. The average Bonchev–Trinajstić information content (AvgIpc) is 3.22. The van der Waals surface area contributed by atoms with Gasteiger partial charge in [0.1, 0.15) is 11.9 Å². The third-order valence-corrected chi connectivity index (χ3v) is 7.92. The minimum Gasteiger partial charge on any atom is -0.392 e. The van der Waals surface area contributed by atoms with Crippen molar-refractivity contribution in [1.82, 2.24) is 10.3 Å². The van der Waals surface area contributed by atoms with Crippen LogP contribution >= 0.6 is 11.3 Å². The van der Waals surface area contributed by atoms with Gasteiger partial charge in [-0.3, -0.25) is 4.79 Å². The molecule has 1 aromatic rings. The van der Waals surface area contributed by atoms with Crippen molar-refractivity contribution in [3.05, 3.63) is 33.3 Å². The van der Waals surface area contributed by atoms with Gasteiger partial charge in [-0.15, -0.1) is 11.3 Å². The number of carbonyl (C=O) groups excluding carboxylic acids is 1. The molecule has 0 bridgehead atoms. The number of hydrogen-bond acceptors (Lipinski definition) is 8. The van der Waals surface area contributed by atoms with Gasteiger partial charge in [0, 0.05) is 23.6 Å². The summed E-state index contributed by atoms with van der Waals surface area (Å²) in [7, 11) is 1.85. The fourth-order valence-corrected chi connectivity index (χ4v) is 5.29. The Kier molecular flexibility index (Phi) is 11.7. The van der Waals surface area contributed by atoms with E-state index in [0.29, 0.717) is 0 Å². The molecule has 4 N–H and O–H groups in total. The lowest BCUT2D eigenvalue weighted by molar-refractivity contribution is -0.154. The van der Waals surface area contributed by atoms with Crippen LogP contribution in [0.3, 0.4) is 0 Å². The second-order valence-corrected chi connectivity index (χ2v) is 11.2. The highest BCUT2D eigenvalue weighted by Crippen LogP contribution is 2.27. The van der Waals surface area contributed by atoms with Crippen molar-refractivity contribution in [2.75, 3.05) is 7.05 Å². The SMILES string of the molecule is CNC1/C=C(/C)CCC[C@H](C)[C@H](O)[C@@H](C)C(=O)C(C)[C@@H](O)CC(O)O[C@@H]1/C(C)=C/c1csc(C)n1. The Labute approximate surface area is 214 Å². The number of rotatable bonds is 3. The number of ketones is 1. The zero-order valence-electron chi connectivity index (χ0n) is 22.2. The number of carbonyl (C=O) groups is 1. The molecule has 8 heteroatoms. The number of likely N-dealkylation sites (N-methyl/N-ethyl adjacent to an activating group) is 1. The summed E-state index contributed by atoms with van der Waals surface area (Å²) < 4.78 is 6.10. The second-order valence-electron chi connectivity index (χ2n) is 10.2. The number of aromatic nitrogens is 1. The van der Waals surface area contributed by atoms with E-state index in [0.717, 1.165) is 35.5 Å². The van der Waals surface area contributed by atoms with Gasteiger partial charge in [-0.2, -0.15) is 0 Å². The third kappa shape index (κ3) is 8.58. The van der Waals surface area contributed by atoms with Crippen LogP contribution in [0.15, 0.2) is 22.6 Å². The van der Waals surface area contributed by atoms with E-state index in [1.54, 1.807) is 25.2 Å². The first-order chi connectivity index (χ1) is 16.4. The number of ether oxygens (including phenoxy) is 1. The predicted molar refractivity (Wildman–Crippen MR) is 141 cm³/mol. The lowest BCUT2D eigenvalue weighted by Crippen LogP contribution is -2.43. The van der Waals surface area contributed by atoms with Crippen molar-refractivity contribution < 1.29 is 24.9 Å². The van der Waals surface area contributed by atoms with E-state index < -0.39 is 36.4 Å². The van der Waals surface area contributed by atoms with E-state index in [2.05, 4.69) is 23.3 Å². The number of aliphatic hydroxyl groups is 3. The number of hydrogen-bond donors (Lipinski definition) is 4. The summed E-state index contributed by atoms with van der Waals surface area (Å²) in [5, 5.41) is 38.5. The maximum Gasteiger partial charge on any atom is 0.157 e. The van der Waals surface area contributed by atoms with Crippen LogP contribution in [-0.4, -0.2) is 63.8 Å². The molecule has 1 aliphatic heterocycles. The Morgan fingerprint density at radius 3 is 2.49 bits per heavy atom. The zero-order valence-corrected chi connectivity index (χ0v) is 23.0. The van der Waals surface area contributed by atoms with E-state index >= 15 is 0 Å². The molecule has 1 aromatic heterocycles. The summed E-state index contributed by atoms with van der Waals surface area (Å²) in [6, 6.07) is -0.215. The second kappa shape index (κ2) is 13.8. The summed E-state index contributed by atoms with van der Waals surface area (Å²) in [5.74, 6) is -1.56. The molecule has 0 saturated heterocycles. The van der Waals surface area contributed by atoms with Gasteiger partial charge in [0.05, 0.1) is 29.0 Å². The molecular formula is C27H44N2O5S. The minimum absolute atomic E-state index is 0.0347. The molecule has 0 fully saturated rings. The highest BCUT2D eigenvalue weighted by atomic mass is 32.1. The number of nitrogens with zero attached hydrogens (tertiary/aromatic N) is 1. The number of thiazole rings is 1. The Bertz CT molecular complexity index is 883. The van der Waals surface area contributed by atoms with Crippen LogP contribution in [0, 0.1) is 24.7 Å². The predicted octanol–water partition coefficient (Wildman–Crippen LogP) is 3.87. The summed E-state index contributed by atoms with van der Waals surface area (Å²) in [5.41, 5.74) is 2.91. The molecule has 2 rings (SSSR count). The van der Waals surface area contributed by atoms with Gasteiger partial charge in [0.15, 0.2) is 6.29 Å². The maximum absolute atomic E-state index is 13.0. The van der Waals surface area contributed by atoms with Crippen LogP contribution in [0.4, 0.5) is 0 Å². The Morgan fingerprint density at radius 2 is 1.89 bits per heavy atom. The van der Waals surface area contributed by atoms with Crippen molar-refractivity contribution >= 4 is 23.2 Å². The van der Waals surface area contributed by atoms with Crippen LogP contribution < -0.4 is 5.32 Å². The average molecular weight is 509 g/mol. The first kappa shape index (κ1) is 29.8. The van der Waals surface area contributed by atoms with E-state index in [1.807, 2.05) is 39.3 Å². The number of Topliss-reactive ketones (excluding diaryl/α,β-unsaturated/α-hetero) is 1. The van der Waals surface area contributed by atoms with Crippen LogP contribution in [-0.2, 0) is 9.53 Å². The third-order valence-electron chi connectivity index (χ3n) is 7.13. The molecule has 0 radical (unpaired) electrons. The molecule has 0 aromatic carbocycles. The van der Waals surface area contributed by atoms with Gasteiger partial charge >= 0.3 is 0 Å².